The van der Waals surface area contributed by atoms with Crippen LogP contribution >= 0.6 is 0 Å². The van der Waals surface area contributed by atoms with Crippen LogP contribution in [0.1, 0.15) is 34.6 Å². The molecule has 0 atom stereocenters. The van der Waals surface area contributed by atoms with Crippen molar-refractivity contribution in [3.05, 3.63) is 12.4 Å². The quantitative estimate of drug-likeness (QED) is 0.601. The van der Waals surface area contributed by atoms with Crippen LogP contribution in [0.15, 0.2) is 12.4 Å². The first kappa shape index (κ1) is 15.1. The van der Waals surface area contributed by atoms with Crippen LogP contribution in [-0.2, 0) is 25.4 Å². The molecule has 0 unspecified atom stereocenters. The van der Waals surface area contributed by atoms with Crippen molar-refractivity contribution in [2.45, 2.75) is 52.4 Å². The minimum Gasteiger partial charge on any atom is -0.464 e. The van der Waals surface area contributed by atoms with Gasteiger partial charge in [-0.15, -0.1) is 0 Å². The summed E-state index contributed by atoms with van der Waals surface area (Å²) in [6.45, 7) is 10.3. The number of carbonyl (C=O) groups is 1. The molecule has 1 aromatic rings. The van der Waals surface area contributed by atoms with E-state index in [-0.39, 0.29) is 17.2 Å². The Bertz CT molecular complexity index is 482. The lowest BCUT2D eigenvalue weighted by Crippen LogP contribution is -2.41. The van der Waals surface area contributed by atoms with E-state index in [0.29, 0.717) is 13.2 Å². The van der Waals surface area contributed by atoms with Gasteiger partial charge in [0.05, 0.1) is 17.7 Å². The number of rotatable bonds is 4. The van der Waals surface area contributed by atoms with Crippen molar-refractivity contribution < 1.29 is 18.8 Å². The number of nitrogens with zero attached hydrogens (tertiary/aromatic N) is 2. The lowest BCUT2D eigenvalue weighted by atomic mass is 9.82. The molecule has 6 nitrogen and oxygen atoms in total. The molecule has 0 aliphatic carbocycles. The number of carbonyl (C=O) groups excluding carboxylic acids is 1. The zero-order valence-corrected chi connectivity index (χ0v) is 12.7. The highest BCUT2D eigenvalue weighted by Crippen LogP contribution is 2.36. The molecular formula is C13H21BN2O4. The first-order valence-electron chi connectivity index (χ1n) is 6.73. The summed E-state index contributed by atoms with van der Waals surface area (Å²) in [6, 6.07) is 0. The van der Waals surface area contributed by atoms with Crippen molar-refractivity contribution in [1.29, 1.82) is 0 Å². The third-order valence-corrected chi connectivity index (χ3v) is 3.80. The summed E-state index contributed by atoms with van der Waals surface area (Å²) in [5, 5.41) is 4.22. The Labute approximate surface area is 119 Å². The molecule has 110 valence electrons. The fraction of sp³-hybridized carbons (Fsp3) is 0.692. The number of ether oxygens (including phenoxy) is 1. The van der Waals surface area contributed by atoms with E-state index in [1.54, 1.807) is 10.9 Å². The number of hydrogen-bond donors (Lipinski definition) is 0. The molecule has 1 fully saturated rings. The van der Waals surface area contributed by atoms with Gasteiger partial charge in [-0.1, -0.05) is 0 Å². The number of aromatic nitrogens is 2. The maximum Gasteiger partial charge on any atom is 0.498 e. The lowest BCUT2D eigenvalue weighted by molar-refractivity contribution is -0.141. The minimum absolute atomic E-state index is 0.289. The van der Waals surface area contributed by atoms with Crippen LogP contribution in [0.3, 0.4) is 0 Å². The molecule has 2 rings (SSSR count). The molecular weight excluding hydrogens is 259 g/mol. The summed E-state index contributed by atoms with van der Waals surface area (Å²) in [5.41, 5.74) is 0.140. The maximum absolute atomic E-state index is 10.7. The van der Waals surface area contributed by atoms with Crippen LogP contribution < -0.4 is 5.46 Å². The van der Waals surface area contributed by atoms with E-state index < -0.39 is 7.12 Å². The predicted octanol–water partition coefficient (Wildman–Crippen LogP) is 0.745. The third kappa shape index (κ3) is 3.04. The van der Waals surface area contributed by atoms with Crippen LogP contribution in [0.5, 0.6) is 0 Å². The summed E-state index contributed by atoms with van der Waals surface area (Å²) < 4.78 is 18.5. The Morgan fingerprint density at radius 2 is 1.95 bits per heavy atom. The summed E-state index contributed by atoms with van der Waals surface area (Å²) in [6.07, 6.45) is 3.57. The second kappa shape index (κ2) is 5.22. The smallest absolute Gasteiger partial charge is 0.464 e. The largest absolute Gasteiger partial charge is 0.498 e. The Hall–Kier alpha value is -1.34. The fourth-order valence-corrected chi connectivity index (χ4v) is 1.89. The SMILES string of the molecule is CC(=O)OCCn1cc(B2OC(C)(C)C(C)(C)O2)cn1. The molecule has 0 spiro atoms. The highest BCUT2D eigenvalue weighted by atomic mass is 16.7. The monoisotopic (exact) mass is 280 g/mol. The van der Waals surface area contributed by atoms with Gasteiger partial charge in [0.15, 0.2) is 0 Å². The van der Waals surface area contributed by atoms with Gasteiger partial charge in [0.25, 0.3) is 0 Å². The van der Waals surface area contributed by atoms with Gasteiger partial charge in [-0.05, 0) is 27.7 Å². The molecule has 7 heteroatoms. The van der Waals surface area contributed by atoms with E-state index in [1.807, 2.05) is 33.9 Å². The topological polar surface area (TPSA) is 62.6 Å². The molecule has 2 heterocycles. The minimum atomic E-state index is -0.414. The molecule has 0 aromatic carbocycles. The van der Waals surface area contributed by atoms with Gasteiger partial charge in [0.1, 0.15) is 6.61 Å². The summed E-state index contributed by atoms with van der Waals surface area (Å²) in [4.78, 5) is 10.7. The van der Waals surface area contributed by atoms with Gasteiger partial charge < -0.3 is 14.0 Å². The van der Waals surface area contributed by atoms with Crippen molar-refractivity contribution >= 4 is 18.6 Å². The molecule has 20 heavy (non-hydrogen) atoms. The van der Waals surface area contributed by atoms with E-state index in [4.69, 9.17) is 14.0 Å². The Kier molecular flexibility index (Phi) is 3.93. The summed E-state index contributed by atoms with van der Waals surface area (Å²) in [7, 11) is -0.414. The van der Waals surface area contributed by atoms with Crippen LogP contribution in [0.25, 0.3) is 0 Å². The van der Waals surface area contributed by atoms with Gasteiger partial charge >= 0.3 is 13.1 Å². The highest BCUT2D eigenvalue weighted by molar-refractivity contribution is 6.61. The molecule has 1 aliphatic rings. The zero-order chi connectivity index (χ0) is 15.0. The predicted molar refractivity (Wildman–Crippen MR) is 74.6 cm³/mol. The van der Waals surface area contributed by atoms with Crippen molar-refractivity contribution in [3.63, 3.8) is 0 Å². The number of hydrogen-bond acceptors (Lipinski definition) is 5. The molecule has 0 amide bonds. The molecule has 1 saturated heterocycles. The summed E-state index contributed by atoms with van der Waals surface area (Å²) in [5.74, 6) is -0.289. The van der Waals surface area contributed by atoms with E-state index in [2.05, 4.69) is 5.10 Å². The average Bonchev–Trinajstić information content (AvgIpc) is 2.82. The first-order chi connectivity index (χ1) is 9.21. The molecule has 0 N–H and O–H groups in total. The standard InChI is InChI=1S/C13H21BN2O4/c1-10(17)18-7-6-16-9-11(8-15-16)14-19-12(2,3)13(4,5)20-14/h8-9H,6-7H2,1-5H3. The van der Waals surface area contributed by atoms with Gasteiger partial charge in [-0.3, -0.25) is 9.48 Å². The van der Waals surface area contributed by atoms with Crippen molar-refractivity contribution in [2.75, 3.05) is 6.61 Å². The van der Waals surface area contributed by atoms with Gasteiger partial charge in [0.2, 0.25) is 0 Å². The van der Waals surface area contributed by atoms with Crippen molar-refractivity contribution in [1.82, 2.24) is 9.78 Å². The van der Waals surface area contributed by atoms with E-state index in [0.717, 1.165) is 5.46 Å². The first-order valence-corrected chi connectivity index (χ1v) is 6.73. The molecule has 0 bridgehead atoms. The normalized spacial score (nSPS) is 20.1. The van der Waals surface area contributed by atoms with Gasteiger partial charge in [0, 0.05) is 24.8 Å². The van der Waals surface area contributed by atoms with Crippen LogP contribution in [0, 0.1) is 0 Å². The molecule has 0 radical (unpaired) electrons. The van der Waals surface area contributed by atoms with Crippen LogP contribution in [0.2, 0.25) is 0 Å². The second-order valence-electron chi connectivity index (χ2n) is 5.97. The Balaban J connectivity index is 1.98. The average molecular weight is 280 g/mol. The third-order valence-electron chi connectivity index (χ3n) is 3.80. The molecule has 1 aliphatic heterocycles. The Morgan fingerprint density at radius 3 is 2.50 bits per heavy atom. The van der Waals surface area contributed by atoms with E-state index in [1.165, 1.54) is 6.92 Å². The van der Waals surface area contributed by atoms with Crippen molar-refractivity contribution in [2.24, 2.45) is 0 Å². The van der Waals surface area contributed by atoms with Crippen molar-refractivity contribution in [3.8, 4) is 0 Å². The van der Waals surface area contributed by atoms with E-state index in [9.17, 15) is 4.79 Å². The molecule has 0 saturated carbocycles. The van der Waals surface area contributed by atoms with Gasteiger partial charge in [-0.2, -0.15) is 5.10 Å². The highest BCUT2D eigenvalue weighted by Gasteiger charge is 2.52. The fourth-order valence-electron chi connectivity index (χ4n) is 1.89. The van der Waals surface area contributed by atoms with Crippen LogP contribution in [0.4, 0.5) is 0 Å². The van der Waals surface area contributed by atoms with Gasteiger partial charge in [-0.25, -0.2) is 0 Å². The number of esters is 1. The zero-order valence-electron chi connectivity index (χ0n) is 12.7. The maximum atomic E-state index is 10.7. The summed E-state index contributed by atoms with van der Waals surface area (Å²) >= 11 is 0. The second-order valence-corrected chi connectivity index (χ2v) is 5.97. The molecule has 1 aromatic heterocycles. The van der Waals surface area contributed by atoms with Crippen LogP contribution in [-0.4, -0.2) is 40.7 Å². The lowest BCUT2D eigenvalue weighted by Gasteiger charge is -2.32. The Morgan fingerprint density at radius 1 is 1.35 bits per heavy atom. The van der Waals surface area contributed by atoms with E-state index >= 15 is 0 Å².